The Labute approximate surface area is 98.7 Å². The zero-order valence-corrected chi connectivity index (χ0v) is 10.3. The highest BCUT2D eigenvalue weighted by molar-refractivity contribution is 7.91. The zero-order valence-electron chi connectivity index (χ0n) is 8.68. The highest BCUT2D eigenvalue weighted by Gasteiger charge is 2.24. The fraction of sp³-hybridized carbons (Fsp3) is 0.556. The molecular formula is C9H14N2O3S2. The second-order valence-corrected chi connectivity index (χ2v) is 6.51. The molecule has 0 spiro atoms. The van der Waals surface area contributed by atoms with Crippen molar-refractivity contribution in [3.8, 4) is 0 Å². The summed E-state index contributed by atoms with van der Waals surface area (Å²) in [5.41, 5.74) is 6.28. The van der Waals surface area contributed by atoms with Crippen molar-refractivity contribution in [1.82, 2.24) is 4.72 Å². The quantitative estimate of drug-likeness (QED) is 0.816. The third-order valence-electron chi connectivity index (χ3n) is 2.38. The summed E-state index contributed by atoms with van der Waals surface area (Å²) in [6.45, 7) is 1.43. The van der Waals surface area contributed by atoms with E-state index in [1.54, 1.807) is 11.4 Å². The van der Waals surface area contributed by atoms with Crippen molar-refractivity contribution in [1.29, 1.82) is 0 Å². The molecule has 0 bridgehead atoms. The maximum atomic E-state index is 11.9. The fourth-order valence-electron chi connectivity index (χ4n) is 1.51. The number of nitrogens with two attached hydrogens (primary N) is 1. The van der Waals surface area contributed by atoms with E-state index in [1.165, 1.54) is 11.3 Å². The van der Waals surface area contributed by atoms with E-state index in [-0.39, 0.29) is 6.04 Å². The summed E-state index contributed by atoms with van der Waals surface area (Å²) in [5.74, 6) is 0. The van der Waals surface area contributed by atoms with Crippen LogP contribution in [0.1, 0.15) is 12.0 Å². The van der Waals surface area contributed by atoms with Gasteiger partial charge in [-0.3, -0.25) is 0 Å². The number of sulfonamides is 1. The molecule has 0 aromatic carbocycles. The van der Waals surface area contributed by atoms with Gasteiger partial charge >= 0.3 is 0 Å². The maximum Gasteiger partial charge on any atom is 0.250 e. The van der Waals surface area contributed by atoms with Gasteiger partial charge in [-0.1, -0.05) is 0 Å². The van der Waals surface area contributed by atoms with Gasteiger partial charge in [0, 0.05) is 19.2 Å². The van der Waals surface area contributed by atoms with Gasteiger partial charge in [0.1, 0.15) is 4.21 Å². The summed E-state index contributed by atoms with van der Waals surface area (Å²) in [4.78, 5) is 0. The summed E-state index contributed by atoms with van der Waals surface area (Å²) in [6.07, 6.45) is 0.731. The Bertz CT molecular complexity index is 449. The molecule has 2 heterocycles. The topological polar surface area (TPSA) is 81.4 Å². The second-order valence-electron chi connectivity index (χ2n) is 3.66. The maximum absolute atomic E-state index is 11.9. The van der Waals surface area contributed by atoms with Crippen LogP contribution < -0.4 is 10.5 Å². The second kappa shape index (κ2) is 4.80. The van der Waals surface area contributed by atoms with Gasteiger partial charge in [-0.25, -0.2) is 13.1 Å². The Morgan fingerprint density at radius 3 is 3.00 bits per heavy atom. The van der Waals surface area contributed by atoms with Gasteiger partial charge in [-0.2, -0.15) is 0 Å². The lowest BCUT2D eigenvalue weighted by atomic mass is 10.3. The largest absolute Gasteiger partial charge is 0.380 e. The van der Waals surface area contributed by atoms with Crippen LogP contribution in [0.3, 0.4) is 0 Å². The molecule has 1 unspecified atom stereocenters. The van der Waals surface area contributed by atoms with Crippen molar-refractivity contribution in [2.45, 2.75) is 23.2 Å². The molecule has 0 radical (unpaired) electrons. The lowest BCUT2D eigenvalue weighted by molar-refractivity contribution is 0.192. The molecule has 5 nitrogen and oxygen atoms in total. The normalized spacial score (nSPS) is 21.4. The van der Waals surface area contributed by atoms with E-state index in [1.807, 2.05) is 0 Å². The monoisotopic (exact) mass is 262 g/mol. The Morgan fingerprint density at radius 1 is 1.62 bits per heavy atom. The van der Waals surface area contributed by atoms with E-state index < -0.39 is 10.0 Å². The predicted octanol–water partition coefficient (Wildman–Crippen LogP) is 0.274. The van der Waals surface area contributed by atoms with Gasteiger partial charge in [0.05, 0.1) is 6.61 Å². The average Bonchev–Trinajstić information content (AvgIpc) is 2.85. The molecule has 0 amide bonds. The minimum Gasteiger partial charge on any atom is -0.380 e. The first kappa shape index (κ1) is 12.0. The summed E-state index contributed by atoms with van der Waals surface area (Å²) in [7, 11) is -3.40. The number of ether oxygens (including phenoxy) is 1. The minimum atomic E-state index is -3.40. The van der Waals surface area contributed by atoms with Crippen molar-refractivity contribution in [2.24, 2.45) is 5.73 Å². The van der Waals surface area contributed by atoms with E-state index in [4.69, 9.17) is 10.5 Å². The van der Waals surface area contributed by atoms with Crippen LogP contribution in [0.2, 0.25) is 0 Å². The first-order valence-corrected chi connectivity index (χ1v) is 7.35. The molecule has 0 aliphatic carbocycles. The van der Waals surface area contributed by atoms with Crippen molar-refractivity contribution >= 4 is 21.4 Å². The van der Waals surface area contributed by atoms with Gasteiger partial charge in [-0.05, 0) is 23.4 Å². The first-order valence-electron chi connectivity index (χ1n) is 4.99. The molecule has 7 heteroatoms. The standard InChI is InChI=1S/C9H14N2O3S2/c10-4-7-3-9(15-6-7)16(12,13)11-8-1-2-14-5-8/h3,6,8,11H,1-2,4-5,10H2. The Balaban J connectivity index is 2.11. The van der Waals surface area contributed by atoms with Crippen molar-refractivity contribution in [3.05, 3.63) is 17.0 Å². The zero-order chi connectivity index (χ0) is 11.6. The lowest BCUT2D eigenvalue weighted by Crippen LogP contribution is -2.34. The molecule has 16 heavy (non-hydrogen) atoms. The minimum absolute atomic E-state index is 0.103. The molecule has 1 saturated heterocycles. The Morgan fingerprint density at radius 2 is 2.44 bits per heavy atom. The molecule has 1 aliphatic rings. The molecule has 3 N–H and O–H groups in total. The molecule has 1 aromatic heterocycles. The molecular weight excluding hydrogens is 248 g/mol. The van der Waals surface area contributed by atoms with E-state index >= 15 is 0 Å². The average molecular weight is 262 g/mol. The number of nitrogens with one attached hydrogen (secondary N) is 1. The first-order chi connectivity index (χ1) is 7.62. The molecule has 90 valence electrons. The van der Waals surface area contributed by atoms with E-state index in [0.29, 0.717) is 24.0 Å². The van der Waals surface area contributed by atoms with Crippen LogP contribution in [0.4, 0.5) is 0 Å². The highest BCUT2D eigenvalue weighted by Crippen LogP contribution is 2.20. The number of hydrogen-bond acceptors (Lipinski definition) is 5. The molecule has 1 aliphatic heterocycles. The lowest BCUT2D eigenvalue weighted by Gasteiger charge is -2.09. The SMILES string of the molecule is NCc1csc(S(=O)(=O)NC2CCOC2)c1. The molecule has 1 fully saturated rings. The molecule has 2 rings (SSSR count). The molecule has 0 saturated carbocycles. The van der Waals surface area contributed by atoms with E-state index in [2.05, 4.69) is 4.72 Å². The Hall–Kier alpha value is -0.470. The fourth-order valence-corrected chi connectivity index (χ4v) is 4.00. The van der Waals surface area contributed by atoms with Crippen LogP contribution in [0.5, 0.6) is 0 Å². The van der Waals surface area contributed by atoms with Gasteiger partial charge in [-0.15, -0.1) is 11.3 Å². The Kier molecular flexibility index (Phi) is 3.60. The summed E-state index contributed by atoms with van der Waals surface area (Å²) >= 11 is 1.19. The van der Waals surface area contributed by atoms with Crippen LogP contribution in [-0.4, -0.2) is 27.7 Å². The highest BCUT2D eigenvalue weighted by atomic mass is 32.2. The van der Waals surface area contributed by atoms with Gasteiger partial charge in [0.15, 0.2) is 0 Å². The molecule has 1 atom stereocenters. The number of thiophene rings is 1. The van der Waals surface area contributed by atoms with E-state index in [9.17, 15) is 8.42 Å². The van der Waals surface area contributed by atoms with Crippen molar-refractivity contribution < 1.29 is 13.2 Å². The van der Waals surface area contributed by atoms with Crippen molar-refractivity contribution in [3.63, 3.8) is 0 Å². The van der Waals surface area contributed by atoms with Crippen LogP contribution in [0.25, 0.3) is 0 Å². The van der Waals surface area contributed by atoms with Gasteiger partial charge in [0.25, 0.3) is 0 Å². The summed E-state index contributed by atoms with van der Waals surface area (Å²) in [5, 5.41) is 1.76. The van der Waals surface area contributed by atoms with Crippen LogP contribution >= 0.6 is 11.3 Å². The van der Waals surface area contributed by atoms with E-state index in [0.717, 1.165) is 12.0 Å². The van der Waals surface area contributed by atoms with Gasteiger partial charge in [0.2, 0.25) is 10.0 Å². The summed E-state index contributed by atoms with van der Waals surface area (Å²) in [6, 6.07) is 1.51. The van der Waals surface area contributed by atoms with Crippen LogP contribution in [-0.2, 0) is 21.3 Å². The third kappa shape index (κ3) is 2.61. The van der Waals surface area contributed by atoms with Gasteiger partial charge < -0.3 is 10.5 Å². The van der Waals surface area contributed by atoms with Crippen molar-refractivity contribution in [2.75, 3.05) is 13.2 Å². The summed E-state index contributed by atoms with van der Waals surface area (Å²) < 4.78 is 31.9. The number of rotatable bonds is 4. The third-order valence-corrected chi connectivity index (χ3v) is 5.39. The smallest absolute Gasteiger partial charge is 0.250 e. The van der Waals surface area contributed by atoms with Crippen LogP contribution in [0.15, 0.2) is 15.7 Å². The number of hydrogen-bond donors (Lipinski definition) is 2. The molecule has 1 aromatic rings. The van der Waals surface area contributed by atoms with Crippen LogP contribution in [0, 0.1) is 0 Å². The predicted molar refractivity (Wildman–Crippen MR) is 61.8 cm³/mol.